The van der Waals surface area contributed by atoms with Crippen molar-refractivity contribution in [2.24, 2.45) is 17.3 Å². The summed E-state index contributed by atoms with van der Waals surface area (Å²) < 4.78 is 5.53. The maximum atomic E-state index is 14.0. The number of ether oxygens (including phenoxy) is 1. The van der Waals surface area contributed by atoms with Crippen molar-refractivity contribution in [2.45, 2.75) is 72.4 Å². The summed E-state index contributed by atoms with van der Waals surface area (Å²) in [7, 11) is 4.72. The molecule has 1 aliphatic rings. The van der Waals surface area contributed by atoms with Crippen LogP contribution < -0.4 is 4.90 Å². The van der Waals surface area contributed by atoms with Crippen molar-refractivity contribution >= 4 is 34.8 Å². The van der Waals surface area contributed by atoms with Crippen LogP contribution in [0.4, 0.5) is 5.69 Å². The average molecular weight is 491 g/mol. The monoisotopic (exact) mass is 490 g/mol. The minimum Gasteiger partial charge on any atom is -0.477 e. The number of hydrogen-bond donors (Lipinski definition) is 1. The molecule has 2 rings (SSSR count). The highest BCUT2D eigenvalue weighted by molar-refractivity contribution is 7.15. The number of amides is 2. The molecule has 1 aromatic heterocycles. The Hall–Kier alpha value is -2.37. The second kappa shape index (κ2) is 11.4. The molecule has 1 N–H and O–H groups in total. The largest absolute Gasteiger partial charge is 0.477 e. The van der Waals surface area contributed by atoms with E-state index < -0.39 is 18.1 Å². The van der Waals surface area contributed by atoms with E-state index in [1.165, 1.54) is 16.9 Å². The number of methoxy groups -OCH3 is 1. The molecule has 1 aliphatic carbocycles. The van der Waals surface area contributed by atoms with Crippen molar-refractivity contribution < 1.29 is 24.2 Å². The number of anilines is 1. The van der Waals surface area contributed by atoms with E-state index in [9.17, 15) is 19.5 Å². The molecule has 0 saturated heterocycles. The fourth-order valence-electron chi connectivity index (χ4n) is 4.05. The van der Waals surface area contributed by atoms with E-state index in [4.69, 9.17) is 4.74 Å². The van der Waals surface area contributed by atoms with Gasteiger partial charge in [0, 0.05) is 32.5 Å². The lowest BCUT2D eigenvalue weighted by Gasteiger charge is -2.38. The van der Waals surface area contributed by atoms with Crippen molar-refractivity contribution in [1.29, 1.82) is 0 Å². The van der Waals surface area contributed by atoms with E-state index >= 15 is 0 Å². The predicted molar refractivity (Wildman–Crippen MR) is 135 cm³/mol. The van der Waals surface area contributed by atoms with E-state index in [1.807, 2.05) is 20.8 Å². The first kappa shape index (κ1) is 27.9. The Labute approximate surface area is 207 Å². The Balaban J connectivity index is 2.70. The van der Waals surface area contributed by atoms with E-state index in [0.717, 1.165) is 24.2 Å². The highest BCUT2D eigenvalue weighted by atomic mass is 32.1. The molecule has 0 aromatic carbocycles. The SMILES string of the molecule is CO[C@H](C)[C@@H](C(=O)N(C)C)N(C(=O)C1CCC(C)CC1)c1cc(C#CC(C)(C)C)sc1C(=O)O. The summed E-state index contributed by atoms with van der Waals surface area (Å²) in [5.41, 5.74) is -0.0565. The van der Waals surface area contributed by atoms with Crippen molar-refractivity contribution in [1.82, 2.24) is 4.90 Å². The zero-order valence-electron chi connectivity index (χ0n) is 21.6. The molecule has 1 fully saturated rings. The lowest BCUT2D eigenvalue weighted by molar-refractivity contribution is -0.136. The lowest BCUT2D eigenvalue weighted by atomic mass is 9.82. The molecular weight excluding hydrogens is 452 g/mol. The third-order valence-electron chi connectivity index (χ3n) is 6.12. The number of carboxylic acids is 1. The van der Waals surface area contributed by atoms with Gasteiger partial charge in [-0.25, -0.2) is 4.79 Å². The van der Waals surface area contributed by atoms with E-state index in [0.29, 0.717) is 23.6 Å². The van der Waals surface area contributed by atoms with Gasteiger partial charge in [-0.3, -0.25) is 14.5 Å². The first-order valence-corrected chi connectivity index (χ1v) is 12.6. The van der Waals surface area contributed by atoms with Crippen LogP contribution in [-0.4, -0.2) is 61.1 Å². The molecular formula is C26H38N2O5S. The van der Waals surface area contributed by atoms with Crippen molar-refractivity contribution in [3.05, 3.63) is 15.8 Å². The minimum atomic E-state index is -1.15. The Morgan fingerprint density at radius 3 is 2.24 bits per heavy atom. The van der Waals surface area contributed by atoms with Gasteiger partial charge < -0.3 is 14.7 Å². The van der Waals surface area contributed by atoms with Crippen molar-refractivity contribution in [2.75, 3.05) is 26.1 Å². The minimum absolute atomic E-state index is 0.00408. The van der Waals surface area contributed by atoms with Gasteiger partial charge in [-0.1, -0.05) is 18.8 Å². The zero-order valence-corrected chi connectivity index (χ0v) is 22.4. The van der Waals surface area contributed by atoms with Crippen LogP contribution in [0.15, 0.2) is 6.07 Å². The topological polar surface area (TPSA) is 87.2 Å². The second-order valence-electron chi connectivity index (χ2n) is 10.4. The summed E-state index contributed by atoms with van der Waals surface area (Å²) >= 11 is 1.03. The van der Waals surface area contributed by atoms with Gasteiger partial charge in [0.05, 0.1) is 16.7 Å². The Bertz CT molecular complexity index is 958. The number of thiophene rings is 1. The number of likely N-dealkylation sites (N-methyl/N-ethyl adjacent to an activating group) is 1. The predicted octanol–water partition coefficient (Wildman–Crippen LogP) is 4.49. The number of rotatable bonds is 7. The molecule has 7 nitrogen and oxygen atoms in total. The van der Waals surface area contributed by atoms with Crippen LogP contribution >= 0.6 is 11.3 Å². The molecule has 0 aliphatic heterocycles. The number of carbonyl (C=O) groups excluding carboxylic acids is 2. The molecule has 0 radical (unpaired) electrons. The quantitative estimate of drug-likeness (QED) is 0.569. The molecule has 8 heteroatoms. The maximum Gasteiger partial charge on any atom is 0.348 e. The van der Waals surface area contributed by atoms with E-state index in [-0.39, 0.29) is 33.7 Å². The van der Waals surface area contributed by atoms with Gasteiger partial charge in [-0.15, -0.1) is 11.3 Å². The standard InChI is InChI=1S/C26H38N2O5S/c1-16-9-11-18(12-10-16)23(29)28(21(17(2)33-8)24(30)27(6)7)20-15-19(13-14-26(3,4)5)34-22(20)25(31)32/h15-18,21H,9-12H2,1-8H3,(H,31,32)/t16?,17-,18?,21+/m1/s1. The van der Waals surface area contributed by atoms with Crippen LogP contribution in [0.5, 0.6) is 0 Å². The van der Waals surface area contributed by atoms with Gasteiger partial charge in [0.1, 0.15) is 10.9 Å². The summed E-state index contributed by atoms with van der Waals surface area (Å²) in [6.07, 6.45) is 2.63. The van der Waals surface area contributed by atoms with Crippen LogP contribution in [0.3, 0.4) is 0 Å². The van der Waals surface area contributed by atoms with Gasteiger partial charge in [-0.05, 0) is 65.4 Å². The van der Waals surface area contributed by atoms with E-state index in [1.54, 1.807) is 27.1 Å². The summed E-state index contributed by atoms with van der Waals surface area (Å²) in [5, 5.41) is 10.0. The van der Waals surface area contributed by atoms with Crippen LogP contribution in [0, 0.1) is 29.1 Å². The fraction of sp³-hybridized carbons (Fsp3) is 0.654. The molecule has 0 bridgehead atoms. The zero-order chi connectivity index (χ0) is 25.8. The first-order valence-electron chi connectivity index (χ1n) is 11.7. The summed E-state index contributed by atoms with van der Waals surface area (Å²) in [6, 6.07) is 0.636. The third kappa shape index (κ3) is 6.83. The maximum absolute atomic E-state index is 14.0. The molecule has 0 spiro atoms. The number of carboxylic acid groups (broad SMARTS) is 1. The first-order chi connectivity index (χ1) is 15.8. The van der Waals surface area contributed by atoms with Crippen molar-refractivity contribution in [3.63, 3.8) is 0 Å². The molecule has 2 atom stereocenters. The summed E-state index contributed by atoms with van der Waals surface area (Å²) in [5.74, 6) is 4.74. The number of carbonyl (C=O) groups is 3. The second-order valence-corrected chi connectivity index (χ2v) is 11.5. The Morgan fingerprint density at radius 2 is 1.76 bits per heavy atom. The number of nitrogens with zero attached hydrogens (tertiary/aromatic N) is 2. The van der Waals surface area contributed by atoms with Crippen LogP contribution in [0.25, 0.3) is 0 Å². The smallest absolute Gasteiger partial charge is 0.348 e. The average Bonchev–Trinajstić information content (AvgIpc) is 3.18. The highest BCUT2D eigenvalue weighted by Gasteiger charge is 2.42. The third-order valence-corrected chi connectivity index (χ3v) is 7.15. The molecule has 1 saturated carbocycles. The number of aromatic carboxylic acids is 1. The molecule has 2 amide bonds. The van der Waals surface area contributed by atoms with Gasteiger partial charge >= 0.3 is 5.97 Å². The lowest BCUT2D eigenvalue weighted by Crippen LogP contribution is -2.57. The van der Waals surface area contributed by atoms with Crippen molar-refractivity contribution in [3.8, 4) is 11.8 Å². The summed E-state index contributed by atoms with van der Waals surface area (Å²) in [6.45, 7) is 9.81. The molecule has 1 aromatic rings. The van der Waals surface area contributed by atoms with Gasteiger partial charge in [-0.2, -0.15) is 0 Å². The molecule has 1 heterocycles. The highest BCUT2D eigenvalue weighted by Crippen LogP contribution is 2.37. The Kier molecular flexibility index (Phi) is 9.32. The van der Waals surface area contributed by atoms with Gasteiger partial charge in [0.25, 0.3) is 0 Å². The summed E-state index contributed by atoms with van der Waals surface area (Å²) in [4.78, 5) is 42.9. The van der Waals surface area contributed by atoms with E-state index in [2.05, 4.69) is 18.8 Å². The molecule has 34 heavy (non-hydrogen) atoms. The molecule has 188 valence electrons. The fourth-order valence-corrected chi connectivity index (χ4v) is 4.89. The van der Waals surface area contributed by atoms with Crippen LogP contribution in [-0.2, 0) is 14.3 Å². The van der Waals surface area contributed by atoms with Crippen LogP contribution in [0.1, 0.15) is 74.9 Å². The Morgan fingerprint density at radius 1 is 1.18 bits per heavy atom. The normalized spacial score (nSPS) is 20.0. The van der Waals surface area contributed by atoms with Gasteiger partial charge in [0.2, 0.25) is 11.8 Å². The molecule has 0 unspecified atom stereocenters. The van der Waals surface area contributed by atoms with Crippen LogP contribution in [0.2, 0.25) is 0 Å². The number of hydrogen-bond acceptors (Lipinski definition) is 5. The van der Waals surface area contributed by atoms with Gasteiger partial charge in [0.15, 0.2) is 0 Å².